The highest BCUT2D eigenvalue weighted by atomic mass is 16.6. The van der Waals surface area contributed by atoms with E-state index >= 15 is 0 Å². The number of likely N-dealkylation sites (N-methyl/N-ethyl adjacent to an activating group) is 1. The second kappa shape index (κ2) is 4.53. The van der Waals surface area contributed by atoms with E-state index in [1.165, 1.54) is 0 Å². The molecule has 0 bridgehead atoms. The number of nitrogens with zero attached hydrogens (tertiary/aromatic N) is 1. The SMILES string of the molecule is COc1ccc(C2CN(C)C(=O)O2)cc1OC. The van der Waals surface area contributed by atoms with Crippen LogP contribution in [0.1, 0.15) is 11.7 Å². The molecule has 5 nitrogen and oxygen atoms in total. The second-order valence-electron chi connectivity index (χ2n) is 3.87. The van der Waals surface area contributed by atoms with Crippen LogP contribution in [0.3, 0.4) is 0 Å². The molecule has 1 unspecified atom stereocenters. The van der Waals surface area contributed by atoms with Crippen LogP contribution in [-0.4, -0.2) is 38.8 Å². The quantitative estimate of drug-likeness (QED) is 0.804. The van der Waals surface area contributed by atoms with E-state index in [1.807, 2.05) is 12.1 Å². The fourth-order valence-electron chi connectivity index (χ4n) is 1.80. The topological polar surface area (TPSA) is 48.0 Å². The van der Waals surface area contributed by atoms with Gasteiger partial charge in [0.25, 0.3) is 0 Å². The Morgan fingerprint density at radius 3 is 2.53 bits per heavy atom. The summed E-state index contributed by atoms with van der Waals surface area (Å²) in [5.41, 5.74) is 0.903. The Hall–Kier alpha value is -1.91. The fraction of sp³-hybridized carbons (Fsp3) is 0.417. The van der Waals surface area contributed by atoms with E-state index in [0.29, 0.717) is 18.0 Å². The second-order valence-corrected chi connectivity index (χ2v) is 3.87. The van der Waals surface area contributed by atoms with Crippen molar-refractivity contribution >= 4 is 6.09 Å². The largest absolute Gasteiger partial charge is 0.493 e. The molecule has 1 fully saturated rings. The highest BCUT2D eigenvalue weighted by Crippen LogP contribution is 2.33. The maximum absolute atomic E-state index is 11.3. The van der Waals surface area contributed by atoms with E-state index in [0.717, 1.165) is 5.56 Å². The Bertz CT molecular complexity index is 433. The standard InChI is InChI=1S/C12H15NO4/c1-13-7-11(17-12(13)14)8-4-5-9(15-2)10(6-8)16-3/h4-6,11H,7H2,1-3H3. The zero-order chi connectivity index (χ0) is 12.4. The van der Waals surface area contributed by atoms with Gasteiger partial charge < -0.3 is 19.1 Å². The molecule has 17 heavy (non-hydrogen) atoms. The molecule has 0 saturated carbocycles. The van der Waals surface area contributed by atoms with Crippen molar-refractivity contribution in [2.75, 3.05) is 27.8 Å². The van der Waals surface area contributed by atoms with Gasteiger partial charge >= 0.3 is 6.09 Å². The molecule has 0 radical (unpaired) electrons. The number of hydrogen-bond acceptors (Lipinski definition) is 4. The lowest BCUT2D eigenvalue weighted by Gasteiger charge is -2.12. The number of cyclic esters (lactones) is 1. The molecule has 1 aliphatic rings. The molecule has 0 spiro atoms. The van der Waals surface area contributed by atoms with Crippen molar-refractivity contribution in [2.45, 2.75) is 6.10 Å². The molecule has 2 rings (SSSR count). The zero-order valence-corrected chi connectivity index (χ0v) is 10.1. The third-order valence-electron chi connectivity index (χ3n) is 2.77. The van der Waals surface area contributed by atoms with Crippen molar-refractivity contribution in [2.24, 2.45) is 0 Å². The van der Waals surface area contributed by atoms with Crippen molar-refractivity contribution in [3.05, 3.63) is 23.8 Å². The molecule has 1 amide bonds. The van der Waals surface area contributed by atoms with Crippen LogP contribution < -0.4 is 9.47 Å². The first-order valence-electron chi connectivity index (χ1n) is 5.29. The summed E-state index contributed by atoms with van der Waals surface area (Å²) in [6.45, 7) is 0.550. The number of ether oxygens (including phenoxy) is 3. The van der Waals surface area contributed by atoms with Gasteiger partial charge in [0.05, 0.1) is 20.8 Å². The van der Waals surface area contributed by atoms with Gasteiger partial charge in [-0.25, -0.2) is 4.79 Å². The Labute approximate surface area is 99.9 Å². The van der Waals surface area contributed by atoms with Gasteiger partial charge in [-0.3, -0.25) is 0 Å². The summed E-state index contributed by atoms with van der Waals surface area (Å²) < 4.78 is 15.6. The normalized spacial score (nSPS) is 19.1. The first kappa shape index (κ1) is 11.6. The maximum atomic E-state index is 11.3. The van der Waals surface area contributed by atoms with Crippen molar-refractivity contribution in [3.8, 4) is 11.5 Å². The third-order valence-corrected chi connectivity index (χ3v) is 2.77. The molecular formula is C12H15NO4. The van der Waals surface area contributed by atoms with Crippen LogP contribution in [0.25, 0.3) is 0 Å². The predicted molar refractivity (Wildman–Crippen MR) is 61.4 cm³/mol. The molecular weight excluding hydrogens is 222 g/mol. The molecule has 5 heteroatoms. The Balaban J connectivity index is 2.25. The van der Waals surface area contributed by atoms with Crippen LogP contribution in [0, 0.1) is 0 Å². The summed E-state index contributed by atoms with van der Waals surface area (Å²) in [5, 5.41) is 0. The van der Waals surface area contributed by atoms with Crippen LogP contribution >= 0.6 is 0 Å². The number of carbonyl (C=O) groups is 1. The van der Waals surface area contributed by atoms with E-state index in [-0.39, 0.29) is 12.2 Å². The molecule has 1 saturated heterocycles. The van der Waals surface area contributed by atoms with Gasteiger partial charge in [0.2, 0.25) is 0 Å². The van der Waals surface area contributed by atoms with Crippen LogP contribution in [-0.2, 0) is 4.74 Å². The summed E-state index contributed by atoms with van der Waals surface area (Å²) in [6.07, 6.45) is -0.544. The molecule has 1 aromatic rings. The number of methoxy groups -OCH3 is 2. The highest BCUT2D eigenvalue weighted by molar-refractivity contribution is 5.69. The van der Waals surface area contributed by atoms with Gasteiger partial charge in [-0.2, -0.15) is 0 Å². The maximum Gasteiger partial charge on any atom is 0.410 e. The van der Waals surface area contributed by atoms with E-state index < -0.39 is 0 Å². The molecule has 0 aliphatic carbocycles. The Morgan fingerprint density at radius 1 is 1.29 bits per heavy atom. The molecule has 1 heterocycles. The lowest BCUT2D eigenvalue weighted by molar-refractivity contribution is 0.134. The minimum Gasteiger partial charge on any atom is -0.493 e. The molecule has 1 aromatic carbocycles. The first-order valence-corrected chi connectivity index (χ1v) is 5.29. The van der Waals surface area contributed by atoms with Crippen molar-refractivity contribution in [1.29, 1.82) is 0 Å². The monoisotopic (exact) mass is 237 g/mol. The smallest absolute Gasteiger partial charge is 0.410 e. The molecule has 1 atom stereocenters. The van der Waals surface area contributed by atoms with E-state index in [4.69, 9.17) is 14.2 Å². The summed E-state index contributed by atoms with van der Waals surface area (Å²) in [5.74, 6) is 1.30. The third kappa shape index (κ3) is 2.13. The summed E-state index contributed by atoms with van der Waals surface area (Å²) in [6, 6.07) is 5.51. The minimum atomic E-state index is -0.301. The van der Waals surface area contributed by atoms with Crippen LogP contribution in [0.5, 0.6) is 11.5 Å². The average Bonchev–Trinajstić information content (AvgIpc) is 2.68. The van der Waals surface area contributed by atoms with Crippen LogP contribution in [0.15, 0.2) is 18.2 Å². The Kier molecular flexibility index (Phi) is 3.08. The molecule has 1 aliphatic heterocycles. The van der Waals surface area contributed by atoms with Gasteiger partial charge in [0, 0.05) is 7.05 Å². The average molecular weight is 237 g/mol. The number of amides is 1. The molecule has 0 aromatic heterocycles. The molecule has 0 N–H and O–H groups in total. The predicted octanol–water partition coefficient (Wildman–Crippen LogP) is 1.83. The van der Waals surface area contributed by atoms with Gasteiger partial charge in [0.15, 0.2) is 11.5 Å². The van der Waals surface area contributed by atoms with Crippen LogP contribution in [0.2, 0.25) is 0 Å². The van der Waals surface area contributed by atoms with Gasteiger partial charge in [0.1, 0.15) is 6.10 Å². The number of benzene rings is 1. The van der Waals surface area contributed by atoms with E-state index in [9.17, 15) is 4.79 Å². The van der Waals surface area contributed by atoms with Crippen LogP contribution in [0.4, 0.5) is 4.79 Å². The van der Waals surface area contributed by atoms with E-state index in [1.54, 1.807) is 32.2 Å². The molecule has 92 valence electrons. The van der Waals surface area contributed by atoms with Crippen molar-refractivity contribution in [3.63, 3.8) is 0 Å². The zero-order valence-electron chi connectivity index (χ0n) is 10.1. The first-order chi connectivity index (χ1) is 8.15. The number of carbonyl (C=O) groups excluding carboxylic acids is 1. The summed E-state index contributed by atoms with van der Waals surface area (Å²) in [4.78, 5) is 12.8. The number of rotatable bonds is 3. The summed E-state index contributed by atoms with van der Waals surface area (Å²) in [7, 11) is 4.87. The fourth-order valence-corrected chi connectivity index (χ4v) is 1.80. The minimum absolute atomic E-state index is 0.243. The van der Waals surface area contributed by atoms with Crippen molar-refractivity contribution in [1.82, 2.24) is 4.90 Å². The lowest BCUT2D eigenvalue weighted by Crippen LogP contribution is -2.17. The van der Waals surface area contributed by atoms with Crippen molar-refractivity contribution < 1.29 is 19.0 Å². The van der Waals surface area contributed by atoms with Gasteiger partial charge in [-0.15, -0.1) is 0 Å². The number of hydrogen-bond donors (Lipinski definition) is 0. The van der Waals surface area contributed by atoms with Gasteiger partial charge in [-0.05, 0) is 17.7 Å². The lowest BCUT2D eigenvalue weighted by atomic mass is 10.1. The highest BCUT2D eigenvalue weighted by Gasteiger charge is 2.29. The van der Waals surface area contributed by atoms with Gasteiger partial charge in [-0.1, -0.05) is 6.07 Å². The Morgan fingerprint density at radius 2 is 2.00 bits per heavy atom. The van der Waals surface area contributed by atoms with E-state index in [2.05, 4.69) is 0 Å². The summed E-state index contributed by atoms with van der Waals surface area (Å²) >= 11 is 0.